The molecule has 0 aromatic heterocycles. The largest absolute Gasteiger partial charge is 0.462 e. The van der Waals surface area contributed by atoms with Crippen molar-refractivity contribution < 1.29 is 14.3 Å². The third-order valence-corrected chi connectivity index (χ3v) is 2.45. The van der Waals surface area contributed by atoms with Crippen molar-refractivity contribution in [2.45, 2.75) is 12.8 Å². The van der Waals surface area contributed by atoms with Crippen LogP contribution in [0.1, 0.15) is 23.2 Å². The van der Waals surface area contributed by atoms with Gasteiger partial charge in [0.2, 0.25) is 0 Å². The normalized spacial score (nSPS) is 10.2. The first-order valence-corrected chi connectivity index (χ1v) is 5.74. The van der Waals surface area contributed by atoms with Gasteiger partial charge in [-0.1, -0.05) is 11.6 Å². The lowest BCUT2D eigenvalue weighted by atomic mass is 10.2. The number of unbranched alkanes of at least 4 members (excludes halogenated alkanes) is 1. The number of nitrogen functional groups attached to an aromatic ring is 1. The molecule has 2 N–H and O–H groups in total. The number of ether oxygens (including phenoxy) is 2. The number of esters is 1. The SMILES string of the molecule is COCCCCOC(=O)c1cc(Cl)ccc1N. The van der Waals surface area contributed by atoms with E-state index in [1.165, 1.54) is 6.07 Å². The van der Waals surface area contributed by atoms with Crippen LogP contribution in [-0.2, 0) is 9.47 Å². The molecular weight excluding hydrogens is 242 g/mol. The van der Waals surface area contributed by atoms with E-state index in [1.807, 2.05) is 0 Å². The van der Waals surface area contributed by atoms with Gasteiger partial charge in [0.25, 0.3) is 0 Å². The molecule has 1 rings (SSSR count). The Balaban J connectivity index is 2.44. The summed E-state index contributed by atoms with van der Waals surface area (Å²) in [6, 6.07) is 4.73. The monoisotopic (exact) mass is 257 g/mol. The lowest BCUT2D eigenvalue weighted by molar-refractivity contribution is 0.0490. The van der Waals surface area contributed by atoms with Gasteiger partial charge in [-0.05, 0) is 31.0 Å². The number of hydrogen-bond donors (Lipinski definition) is 1. The Bertz CT molecular complexity index is 382. The Hall–Kier alpha value is -1.26. The number of rotatable bonds is 6. The summed E-state index contributed by atoms with van der Waals surface area (Å²) in [5, 5.41) is 0.463. The Morgan fingerprint density at radius 1 is 1.35 bits per heavy atom. The second-order valence-corrected chi connectivity index (χ2v) is 4.00. The molecule has 0 aliphatic carbocycles. The predicted molar refractivity (Wildman–Crippen MR) is 67.3 cm³/mol. The fourth-order valence-corrected chi connectivity index (χ4v) is 1.47. The van der Waals surface area contributed by atoms with E-state index < -0.39 is 5.97 Å². The lowest BCUT2D eigenvalue weighted by Crippen LogP contribution is -2.09. The molecule has 0 spiro atoms. The maximum atomic E-state index is 11.7. The van der Waals surface area contributed by atoms with Crippen molar-refractivity contribution in [3.63, 3.8) is 0 Å². The molecule has 0 aliphatic rings. The number of carbonyl (C=O) groups is 1. The van der Waals surface area contributed by atoms with E-state index >= 15 is 0 Å². The first-order valence-electron chi connectivity index (χ1n) is 5.36. The van der Waals surface area contributed by atoms with Crippen molar-refractivity contribution in [2.75, 3.05) is 26.1 Å². The van der Waals surface area contributed by atoms with Gasteiger partial charge in [0.05, 0.1) is 12.2 Å². The quantitative estimate of drug-likeness (QED) is 0.483. The average molecular weight is 258 g/mol. The summed E-state index contributed by atoms with van der Waals surface area (Å²) in [4.78, 5) is 11.7. The summed E-state index contributed by atoms with van der Waals surface area (Å²) in [6.07, 6.45) is 1.62. The first kappa shape index (κ1) is 13.8. The van der Waals surface area contributed by atoms with Gasteiger partial charge in [-0.25, -0.2) is 4.79 Å². The minimum atomic E-state index is -0.442. The third-order valence-electron chi connectivity index (χ3n) is 2.21. The summed E-state index contributed by atoms with van der Waals surface area (Å²) < 4.78 is 9.97. The van der Waals surface area contributed by atoms with Crippen molar-refractivity contribution in [2.24, 2.45) is 0 Å². The summed E-state index contributed by atoms with van der Waals surface area (Å²) in [7, 11) is 1.64. The Morgan fingerprint density at radius 2 is 2.06 bits per heavy atom. The van der Waals surface area contributed by atoms with E-state index in [0.29, 0.717) is 29.5 Å². The Kier molecular flexibility index (Phi) is 5.80. The molecule has 0 amide bonds. The maximum Gasteiger partial charge on any atom is 0.340 e. The number of nitrogens with two attached hydrogens (primary N) is 1. The Labute approximate surface area is 106 Å². The van der Waals surface area contributed by atoms with Gasteiger partial charge < -0.3 is 15.2 Å². The van der Waals surface area contributed by atoms with Gasteiger partial charge in [0.1, 0.15) is 0 Å². The number of benzene rings is 1. The highest BCUT2D eigenvalue weighted by molar-refractivity contribution is 6.31. The molecule has 0 unspecified atom stereocenters. The first-order chi connectivity index (χ1) is 8.15. The zero-order valence-electron chi connectivity index (χ0n) is 9.74. The van der Waals surface area contributed by atoms with Crippen LogP contribution in [0, 0.1) is 0 Å². The molecule has 0 radical (unpaired) electrons. The molecule has 0 fully saturated rings. The molecule has 0 saturated carbocycles. The summed E-state index contributed by atoms with van der Waals surface area (Å²) in [5.74, 6) is -0.442. The molecule has 0 aliphatic heterocycles. The number of halogens is 1. The van der Waals surface area contributed by atoms with Gasteiger partial charge >= 0.3 is 5.97 Å². The van der Waals surface area contributed by atoms with Crippen molar-refractivity contribution in [1.82, 2.24) is 0 Å². The van der Waals surface area contributed by atoms with E-state index in [9.17, 15) is 4.79 Å². The van der Waals surface area contributed by atoms with Gasteiger partial charge in [0.15, 0.2) is 0 Å². The lowest BCUT2D eigenvalue weighted by Gasteiger charge is -2.07. The van der Waals surface area contributed by atoms with Crippen molar-refractivity contribution in [3.8, 4) is 0 Å². The number of hydrogen-bond acceptors (Lipinski definition) is 4. The topological polar surface area (TPSA) is 61.5 Å². The van der Waals surface area contributed by atoms with Crippen molar-refractivity contribution in [1.29, 1.82) is 0 Å². The van der Waals surface area contributed by atoms with E-state index in [-0.39, 0.29) is 0 Å². The van der Waals surface area contributed by atoms with Gasteiger partial charge in [-0.3, -0.25) is 0 Å². The number of methoxy groups -OCH3 is 1. The Morgan fingerprint density at radius 3 is 2.76 bits per heavy atom. The second kappa shape index (κ2) is 7.14. The number of anilines is 1. The molecular formula is C12H16ClNO3. The molecule has 1 aromatic rings. The molecule has 94 valence electrons. The molecule has 0 heterocycles. The van der Waals surface area contributed by atoms with E-state index in [4.69, 9.17) is 26.8 Å². The van der Waals surface area contributed by atoms with Crippen LogP contribution in [0.4, 0.5) is 5.69 Å². The molecule has 17 heavy (non-hydrogen) atoms. The van der Waals surface area contributed by atoms with E-state index in [1.54, 1.807) is 19.2 Å². The maximum absolute atomic E-state index is 11.7. The predicted octanol–water partition coefficient (Wildman–Crippen LogP) is 2.51. The smallest absolute Gasteiger partial charge is 0.340 e. The molecule has 4 nitrogen and oxygen atoms in total. The van der Waals surface area contributed by atoms with Gasteiger partial charge in [0, 0.05) is 24.4 Å². The third kappa shape index (κ3) is 4.63. The van der Waals surface area contributed by atoms with Crippen LogP contribution in [0.15, 0.2) is 18.2 Å². The molecule has 1 aromatic carbocycles. The van der Waals surface area contributed by atoms with Crippen molar-refractivity contribution >= 4 is 23.3 Å². The van der Waals surface area contributed by atoms with Crippen molar-refractivity contribution in [3.05, 3.63) is 28.8 Å². The van der Waals surface area contributed by atoms with Gasteiger partial charge in [-0.15, -0.1) is 0 Å². The molecule has 5 heteroatoms. The van der Waals surface area contributed by atoms with E-state index in [0.717, 1.165) is 12.8 Å². The standard InChI is InChI=1S/C12H16ClNO3/c1-16-6-2-3-7-17-12(15)10-8-9(13)4-5-11(10)14/h4-5,8H,2-3,6-7,14H2,1H3. The minimum absolute atomic E-state index is 0.309. The van der Waals surface area contributed by atoms with E-state index in [2.05, 4.69) is 0 Å². The average Bonchev–Trinajstić information content (AvgIpc) is 2.32. The molecule has 0 atom stereocenters. The highest BCUT2D eigenvalue weighted by Crippen LogP contribution is 2.18. The second-order valence-electron chi connectivity index (χ2n) is 3.57. The molecule has 0 saturated heterocycles. The zero-order chi connectivity index (χ0) is 12.7. The highest BCUT2D eigenvalue weighted by atomic mass is 35.5. The highest BCUT2D eigenvalue weighted by Gasteiger charge is 2.11. The van der Waals surface area contributed by atoms with Crippen LogP contribution in [0.2, 0.25) is 5.02 Å². The summed E-state index contributed by atoms with van der Waals surface area (Å²) in [5.41, 5.74) is 6.34. The van der Waals surface area contributed by atoms with Crippen LogP contribution in [-0.4, -0.2) is 26.3 Å². The zero-order valence-corrected chi connectivity index (χ0v) is 10.5. The summed E-state index contributed by atoms with van der Waals surface area (Å²) >= 11 is 5.78. The molecule has 0 bridgehead atoms. The van der Waals surface area contributed by atoms with Crippen LogP contribution in [0.5, 0.6) is 0 Å². The van der Waals surface area contributed by atoms with Crippen LogP contribution >= 0.6 is 11.6 Å². The fourth-order valence-electron chi connectivity index (χ4n) is 1.30. The van der Waals surface area contributed by atoms with Gasteiger partial charge in [-0.2, -0.15) is 0 Å². The van der Waals surface area contributed by atoms with Crippen LogP contribution < -0.4 is 5.73 Å². The van der Waals surface area contributed by atoms with Crippen LogP contribution in [0.3, 0.4) is 0 Å². The number of carbonyl (C=O) groups excluding carboxylic acids is 1. The minimum Gasteiger partial charge on any atom is -0.462 e. The fraction of sp³-hybridized carbons (Fsp3) is 0.417. The summed E-state index contributed by atoms with van der Waals surface area (Å²) in [6.45, 7) is 1.02. The van der Waals surface area contributed by atoms with Crippen LogP contribution in [0.25, 0.3) is 0 Å².